The number of hydrogen-bond donors (Lipinski definition) is 2. The van der Waals surface area contributed by atoms with Crippen LogP contribution in [0.25, 0.3) is 22.0 Å². The van der Waals surface area contributed by atoms with Crippen LogP contribution in [0.1, 0.15) is 22.5 Å². The van der Waals surface area contributed by atoms with Gasteiger partial charge in [0, 0.05) is 46.2 Å². The predicted octanol–water partition coefficient (Wildman–Crippen LogP) is 5.31. The maximum Gasteiger partial charge on any atom is 0.323 e. The number of hydrogen-bond acceptors (Lipinski definition) is 4. The maximum atomic E-state index is 14.3. The largest absolute Gasteiger partial charge is 0.468 e. The Morgan fingerprint density at radius 1 is 1.08 bits per heavy atom. The summed E-state index contributed by atoms with van der Waals surface area (Å²) in [5, 5.41) is 4.34. The van der Waals surface area contributed by atoms with Crippen molar-refractivity contribution in [2.24, 2.45) is 0 Å². The zero-order chi connectivity index (χ0) is 26.1. The minimum atomic E-state index is -0.760. The van der Waals surface area contributed by atoms with Gasteiger partial charge in [-0.1, -0.05) is 48.0 Å². The minimum Gasteiger partial charge on any atom is -0.468 e. The van der Waals surface area contributed by atoms with Crippen LogP contribution in [0, 0.1) is 11.6 Å². The number of fused-ring (bicyclic) bond motifs is 1. The maximum absolute atomic E-state index is 14.3. The molecule has 4 aromatic rings. The second-order valence-corrected chi connectivity index (χ2v) is 9.44. The van der Waals surface area contributed by atoms with Crippen LogP contribution in [0.4, 0.5) is 8.78 Å². The van der Waals surface area contributed by atoms with Gasteiger partial charge in [-0.2, -0.15) is 0 Å². The summed E-state index contributed by atoms with van der Waals surface area (Å²) in [7, 11) is 1.26. The third-order valence-corrected chi connectivity index (χ3v) is 6.92. The number of amides is 1. The first kappa shape index (κ1) is 24.9. The number of nitrogens with zero attached hydrogens (tertiary/aromatic N) is 1. The molecule has 0 spiro atoms. The molecule has 0 bridgehead atoms. The molecule has 1 fully saturated rings. The number of methoxy groups -OCH3 is 1. The van der Waals surface area contributed by atoms with Gasteiger partial charge in [0.2, 0.25) is 0 Å². The lowest BCUT2D eigenvalue weighted by molar-refractivity contribution is -0.146. The summed E-state index contributed by atoms with van der Waals surface area (Å²) in [5.74, 6) is -2.28. The molecule has 0 aliphatic carbocycles. The van der Waals surface area contributed by atoms with Gasteiger partial charge in [0.05, 0.1) is 7.11 Å². The average Bonchev–Trinajstić information content (AvgIpc) is 3.47. The molecule has 0 radical (unpaired) electrons. The van der Waals surface area contributed by atoms with Crippen LogP contribution < -0.4 is 5.32 Å². The molecule has 2 N–H and O–H groups in total. The Labute approximate surface area is 217 Å². The zero-order valence-corrected chi connectivity index (χ0v) is 20.7. The van der Waals surface area contributed by atoms with E-state index in [0.717, 1.165) is 16.5 Å². The van der Waals surface area contributed by atoms with Gasteiger partial charge in [0.25, 0.3) is 5.91 Å². The summed E-state index contributed by atoms with van der Waals surface area (Å²) >= 11 is 6.25. The van der Waals surface area contributed by atoms with Crippen LogP contribution >= 0.6 is 11.6 Å². The monoisotopic (exact) mass is 523 g/mol. The quantitative estimate of drug-likeness (QED) is 0.336. The highest BCUT2D eigenvalue weighted by atomic mass is 35.5. The lowest BCUT2D eigenvalue weighted by Crippen LogP contribution is -2.38. The molecule has 5 rings (SSSR count). The molecule has 0 unspecified atom stereocenters. The van der Waals surface area contributed by atoms with Crippen LogP contribution in [0.5, 0.6) is 0 Å². The molecule has 1 aromatic heterocycles. The van der Waals surface area contributed by atoms with Crippen LogP contribution in [0.3, 0.4) is 0 Å². The summed E-state index contributed by atoms with van der Waals surface area (Å²) in [4.78, 5) is 30.9. The van der Waals surface area contributed by atoms with Crippen molar-refractivity contribution in [1.82, 2.24) is 15.2 Å². The van der Waals surface area contributed by atoms with Crippen LogP contribution in [-0.2, 0) is 16.1 Å². The molecule has 2 heterocycles. The Balaban J connectivity index is 1.43. The Morgan fingerprint density at radius 2 is 1.81 bits per heavy atom. The third-order valence-electron chi connectivity index (χ3n) is 6.68. The normalized spacial score (nSPS) is 17.7. The van der Waals surface area contributed by atoms with Crippen molar-refractivity contribution >= 4 is 34.4 Å². The van der Waals surface area contributed by atoms with Crippen molar-refractivity contribution in [3.63, 3.8) is 0 Å². The van der Waals surface area contributed by atoms with E-state index in [1.54, 1.807) is 17.0 Å². The number of rotatable bonds is 6. The zero-order valence-electron chi connectivity index (χ0n) is 19.9. The highest BCUT2D eigenvalue weighted by molar-refractivity contribution is 6.31. The number of ether oxygens (including phenoxy) is 1. The van der Waals surface area contributed by atoms with E-state index in [4.69, 9.17) is 16.3 Å². The van der Waals surface area contributed by atoms with Crippen molar-refractivity contribution in [1.29, 1.82) is 0 Å². The van der Waals surface area contributed by atoms with Gasteiger partial charge in [-0.15, -0.1) is 0 Å². The molecule has 6 nitrogen and oxygen atoms in total. The van der Waals surface area contributed by atoms with E-state index < -0.39 is 29.7 Å². The standard InChI is InChI=1S/C28H24ClF2N3O3/c1-37-28(36)24-13-18(14-34(24)15-20-21(30)8-5-9-22(20)31)32-27(35)26-25(16-6-3-2-4-7-16)19-12-17(29)10-11-23(19)33-26/h2-12,18,24,33H,13-15H2,1H3,(H,32,35)/t18-,24-/m0/s1. The fraction of sp³-hybridized carbons (Fsp3) is 0.214. The van der Waals surface area contributed by atoms with Gasteiger partial charge in [0.15, 0.2) is 0 Å². The molecule has 1 aliphatic rings. The van der Waals surface area contributed by atoms with E-state index in [9.17, 15) is 18.4 Å². The number of carbonyl (C=O) groups is 2. The van der Waals surface area contributed by atoms with Crippen molar-refractivity contribution in [3.05, 3.63) is 94.6 Å². The predicted molar refractivity (Wildman–Crippen MR) is 137 cm³/mol. The second-order valence-electron chi connectivity index (χ2n) is 9.01. The van der Waals surface area contributed by atoms with E-state index >= 15 is 0 Å². The molecule has 9 heteroatoms. The van der Waals surface area contributed by atoms with Crippen LogP contribution in [0.2, 0.25) is 5.02 Å². The van der Waals surface area contributed by atoms with Gasteiger partial charge < -0.3 is 15.0 Å². The van der Waals surface area contributed by atoms with E-state index in [-0.39, 0.29) is 31.0 Å². The SMILES string of the molecule is COC(=O)[C@@H]1C[C@H](NC(=O)c2[nH]c3ccc(Cl)cc3c2-c2ccccc2)CN1Cc1c(F)cccc1F. The molecule has 37 heavy (non-hydrogen) atoms. The Bertz CT molecular complexity index is 1450. The smallest absolute Gasteiger partial charge is 0.323 e. The summed E-state index contributed by atoms with van der Waals surface area (Å²) in [6, 6.07) is 17.3. The number of H-pyrrole nitrogens is 1. The van der Waals surface area contributed by atoms with Crippen molar-refractivity contribution in [2.45, 2.75) is 25.0 Å². The number of benzene rings is 3. The topological polar surface area (TPSA) is 74.4 Å². The van der Waals surface area contributed by atoms with E-state index in [2.05, 4.69) is 10.3 Å². The first-order chi connectivity index (χ1) is 17.9. The fourth-order valence-electron chi connectivity index (χ4n) is 4.95. The number of nitrogens with one attached hydrogen (secondary N) is 2. The first-order valence-electron chi connectivity index (χ1n) is 11.8. The van der Waals surface area contributed by atoms with Gasteiger partial charge in [0.1, 0.15) is 23.4 Å². The van der Waals surface area contributed by atoms with E-state index in [0.29, 0.717) is 16.3 Å². The molecule has 1 amide bonds. The number of halogens is 3. The summed E-state index contributed by atoms with van der Waals surface area (Å²) in [5.41, 5.74) is 2.53. The van der Waals surface area contributed by atoms with Crippen molar-refractivity contribution in [2.75, 3.05) is 13.7 Å². The molecule has 0 saturated carbocycles. The number of aromatic nitrogens is 1. The number of aromatic amines is 1. The van der Waals surface area contributed by atoms with Crippen LogP contribution in [0.15, 0.2) is 66.7 Å². The number of esters is 1. The highest BCUT2D eigenvalue weighted by Crippen LogP contribution is 2.34. The molecular weight excluding hydrogens is 500 g/mol. The lowest BCUT2D eigenvalue weighted by atomic mass is 10.0. The van der Waals surface area contributed by atoms with Crippen molar-refractivity contribution in [3.8, 4) is 11.1 Å². The Hall–Kier alpha value is -3.75. The lowest BCUT2D eigenvalue weighted by Gasteiger charge is -2.22. The molecule has 1 saturated heterocycles. The summed E-state index contributed by atoms with van der Waals surface area (Å²) in [6.07, 6.45) is 0.237. The summed E-state index contributed by atoms with van der Waals surface area (Å²) in [6.45, 7) is 0.0802. The van der Waals surface area contributed by atoms with E-state index in [1.165, 1.54) is 25.3 Å². The van der Waals surface area contributed by atoms with Crippen LogP contribution in [-0.4, -0.2) is 47.5 Å². The third kappa shape index (κ3) is 4.95. The molecular formula is C28H24ClF2N3O3. The number of likely N-dealkylation sites (tertiary alicyclic amines) is 1. The second kappa shape index (κ2) is 10.3. The van der Waals surface area contributed by atoms with Gasteiger partial charge >= 0.3 is 5.97 Å². The highest BCUT2D eigenvalue weighted by Gasteiger charge is 2.39. The fourth-order valence-corrected chi connectivity index (χ4v) is 5.12. The molecule has 1 aliphatic heterocycles. The first-order valence-corrected chi connectivity index (χ1v) is 12.2. The van der Waals surface area contributed by atoms with Gasteiger partial charge in [-0.05, 0) is 42.3 Å². The summed E-state index contributed by atoms with van der Waals surface area (Å²) < 4.78 is 33.6. The number of carbonyl (C=O) groups excluding carboxylic acids is 2. The molecule has 3 aromatic carbocycles. The molecule has 2 atom stereocenters. The van der Waals surface area contributed by atoms with Gasteiger partial charge in [-0.25, -0.2) is 8.78 Å². The molecule has 190 valence electrons. The average molecular weight is 524 g/mol. The van der Waals surface area contributed by atoms with Crippen molar-refractivity contribution < 1.29 is 23.1 Å². The van der Waals surface area contributed by atoms with E-state index in [1.807, 2.05) is 36.4 Å². The van der Waals surface area contributed by atoms with Gasteiger partial charge in [-0.3, -0.25) is 14.5 Å². The Morgan fingerprint density at radius 3 is 2.51 bits per heavy atom. The Kier molecular flexibility index (Phi) is 6.95. The minimum absolute atomic E-state index is 0.134.